The summed E-state index contributed by atoms with van der Waals surface area (Å²) in [6.07, 6.45) is 10.5. The molecule has 0 atom stereocenters. The number of nitrogens with two attached hydrogens (primary N) is 1. The Kier molecular flexibility index (Phi) is 3.60. The van der Waals surface area contributed by atoms with Crippen molar-refractivity contribution in [3.05, 3.63) is 35.8 Å². The van der Waals surface area contributed by atoms with Crippen molar-refractivity contribution < 1.29 is 0 Å². The molecule has 0 aliphatic heterocycles. The Morgan fingerprint density at radius 1 is 1.32 bits per heavy atom. The normalized spacial score (nSPS) is 15.7. The number of pyridine rings is 1. The highest BCUT2D eigenvalue weighted by Crippen LogP contribution is 2.22. The molecule has 0 unspecified atom stereocenters. The van der Waals surface area contributed by atoms with Crippen LogP contribution >= 0.6 is 0 Å². The van der Waals surface area contributed by atoms with Crippen LogP contribution in [0.3, 0.4) is 0 Å². The number of rotatable bonds is 4. The first-order valence-electron chi connectivity index (χ1n) is 7.06. The van der Waals surface area contributed by atoms with Crippen molar-refractivity contribution in [2.75, 3.05) is 0 Å². The highest BCUT2D eigenvalue weighted by molar-refractivity contribution is 5.71. The van der Waals surface area contributed by atoms with Gasteiger partial charge in [-0.05, 0) is 44.2 Å². The maximum Gasteiger partial charge on any atom is 0.160 e. The quantitative estimate of drug-likeness (QED) is 0.856. The summed E-state index contributed by atoms with van der Waals surface area (Å²) in [5, 5.41) is 0. The third-order valence-corrected chi connectivity index (χ3v) is 3.81. The maximum absolute atomic E-state index is 5.80. The van der Waals surface area contributed by atoms with Crippen molar-refractivity contribution in [2.24, 2.45) is 5.73 Å². The lowest BCUT2D eigenvalue weighted by molar-refractivity contribution is 0.614. The lowest BCUT2D eigenvalue weighted by Crippen LogP contribution is -2.10. The number of nitrogens with zero attached hydrogens (tertiary/aromatic N) is 3. The minimum Gasteiger partial charge on any atom is -0.324 e. The summed E-state index contributed by atoms with van der Waals surface area (Å²) in [6.45, 7) is 1.40. The van der Waals surface area contributed by atoms with Crippen molar-refractivity contribution in [2.45, 2.75) is 45.2 Å². The van der Waals surface area contributed by atoms with Crippen LogP contribution in [0.2, 0.25) is 0 Å². The van der Waals surface area contributed by atoms with Crippen LogP contribution in [0.1, 0.15) is 37.9 Å². The van der Waals surface area contributed by atoms with E-state index in [0.29, 0.717) is 6.54 Å². The Hall–Kier alpha value is -1.68. The van der Waals surface area contributed by atoms with E-state index in [0.717, 1.165) is 30.0 Å². The van der Waals surface area contributed by atoms with E-state index in [9.17, 15) is 0 Å². The number of allylic oxidation sites excluding steroid dienone is 2. The summed E-state index contributed by atoms with van der Waals surface area (Å²) in [5.41, 5.74) is 9.28. The summed E-state index contributed by atoms with van der Waals surface area (Å²) in [5.74, 6) is 0.935. The van der Waals surface area contributed by atoms with Crippen molar-refractivity contribution in [1.29, 1.82) is 0 Å². The molecule has 3 rings (SSSR count). The van der Waals surface area contributed by atoms with Gasteiger partial charge in [-0.1, -0.05) is 11.6 Å². The molecule has 19 heavy (non-hydrogen) atoms. The highest BCUT2D eigenvalue weighted by atomic mass is 15.1. The van der Waals surface area contributed by atoms with Gasteiger partial charge in [0.25, 0.3) is 0 Å². The van der Waals surface area contributed by atoms with E-state index < -0.39 is 0 Å². The van der Waals surface area contributed by atoms with Crippen LogP contribution in [0.4, 0.5) is 0 Å². The minimum atomic E-state index is 0.468. The van der Waals surface area contributed by atoms with Gasteiger partial charge in [0.1, 0.15) is 11.3 Å². The number of hydrogen-bond donors (Lipinski definition) is 1. The largest absolute Gasteiger partial charge is 0.324 e. The fourth-order valence-electron chi connectivity index (χ4n) is 2.78. The molecule has 0 bridgehead atoms. The van der Waals surface area contributed by atoms with Crippen LogP contribution in [0, 0.1) is 0 Å². The van der Waals surface area contributed by atoms with Crippen LogP contribution in [0.5, 0.6) is 0 Å². The van der Waals surface area contributed by atoms with Gasteiger partial charge < -0.3 is 10.3 Å². The maximum atomic E-state index is 5.80. The molecule has 0 fully saturated rings. The van der Waals surface area contributed by atoms with Crippen LogP contribution in [-0.4, -0.2) is 14.5 Å². The molecular formula is C15H20N4. The molecule has 0 amide bonds. The van der Waals surface area contributed by atoms with Crippen molar-refractivity contribution in [3.8, 4) is 0 Å². The first-order valence-corrected chi connectivity index (χ1v) is 7.06. The van der Waals surface area contributed by atoms with Crippen LogP contribution < -0.4 is 5.73 Å². The molecule has 0 radical (unpaired) electrons. The first kappa shape index (κ1) is 12.4. The van der Waals surface area contributed by atoms with Gasteiger partial charge in [-0.3, -0.25) is 0 Å². The predicted octanol–water partition coefficient (Wildman–Crippen LogP) is 2.78. The molecule has 4 heteroatoms. The van der Waals surface area contributed by atoms with Crippen molar-refractivity contribution in [1.82, 2.24) is 14.5 Å². The predicted molar refractivity (Wildman–Crippen MR) is 76.6 cm³/mol. The molecular weight excluding hydrogens is 236 g/mol. The summed E-state index contributed by atoms with van der Waals surface area (Å²) < 4.78 is 2.17. The summed E-state index contributed by atoms with van der Waals surface area (Å²) >= 11 is 0. The zero-order valence-electron chi connectivity index (χ0n) is 11.2. The molecule has 1 aliphatic rings. The lowest BCUT2D eigenvalue weighted by atomic mass is 9.97. The zero-order chi connectivity index (χ0) is 13.1. The number of hydrogen-bond acceptors (Lipinski definition) is 3. The average Bonchev–Trinajstić information content (AvgIpc) is 2.84. The molecule has 0 aromatic carbocycles. The molecule has 4 nitrogen and oxygen atoms in total. The topological polar surface area (TPSA) is 56.7 Å². The number of imidazole rings is 1. The Morgan fingerprint density at radius 2 is 2.26 bits per heavy atom. The van der Waals surface area contributed by atoms with Crippen LogP contribution in [0.15, 0.2) is 30.0 Å². The highest BCUT2D eigenvalue weighted by Gasteiger charge is 2.11. The average molecular weight is 256 g/mol. The molecule has 100 valence electrons. The fourth-order valence-corrected chi connectivity index (χ4v) is 2.78. The van der Waals surface area contributed by atoms with Gasteiger partial charge in [0.2, 0.25) is 0 Å². The van der Waals surface area contributed by atoms with E-state index in [1.165, 1.54) is 25.7 Å². The zero-order valence-corrected chi connectivity index (χ0v) is 11.2. The van der Waals surface area contributed by atoms with Gasteiger partial charge >= 0.3 is 0 Å². The number of aromatic nitrogens is 3. The van der Waals surface area contributed by atoms with Gasteiger partial charge in [-0.25, -0.2) is 9.97 Å². The van der Waals surface area contributed by atoms with E-state index in [1.807, 2.05) is 18.3 Å². The molecule has 0 saturated heterocycles. The number of fused-ring (bicyclic) bond motifs is 1. The molecule has 0 spiro atoms. The van der Waals surface area contributed by atoms with E-state index >= 15 is 0 Å². The Labute approximate surface area is 113 Å². The van der Waals surface area contributed by atoms with Crippen LogP contribution in [0.25, 0.3) is 11.2 Å². The molecule has 2 N–H and O–H groups in total. The van der Waals surface area contributed by atoms with Gasteiger partial charge in [0, 0.05) is 12.7 Å². The summed E-state index contributed by atoms with van der Waals surface area (Å²) in [7, 11) is 0. The number of aryl methyl sites for hydroxylation is 1. The van der Waals surface area contributed by atoms with E-state index in [4.69, 9.17) is 5.73 Å². The molecule has 2 aromatic heterocycles. The standard InChI is InChI=1S/C15H20N4/c16-11-14-18-13-7-4-9-17-15(13)19(14)10-8-12-5-2-1-3-6-12/h4-5,7,9H,1-3,6,8,10-11,16H2. The molecule has 2 aromatic rings. The molecule has 2 heterocycles. The molecule has 0 saturated carbocycles. The monoisotopic (exact) mass is 256 g/mol. The van der Waals surface area contributed by atoms with Gasteiger partial charge in [0.05, 0.1) is 6.54 Å². The fraction of sp³-hybridized carbons (Fsp3) is 0.467. The third-order valence-electron chi connectivity index (χ3n) is 3.81. The van der Waals surface area contributed by atoms with E-state index in [2.05, 4.69) is 20.6 Å². The smallest absolute Gasteiger partial charge is 0.160 e. The molecule has 1 aliphatic carbocycles. The summed E-state index contributed by atoms with van der Waals surface area (Å²) in [6, 6.07) is 3.92. The summed E-state index contributed by atoms with van der Waals surface area (Å²) in [4.78, 5) is 8.99. The van der Waals surface area contributed by atoms with E-state index in [-0.39, 0.29) is 0 Å². The van der Waals surface area contributed by atoms with Crippen molar-refractivity contribution in [3.63, 3.8) is 0 Å². The third kappa shape index (κ3) is 2.54. The second-order valence-corrected chi connectivity index (χ2v) is 5.09. The minimum absolute atomic E-state index is 0.468. The first-order chi connectivity index (χ1) is 9.38. The van der Waals surface area contributed by atoms with Gasteiger partial charge in [0.15, 0.2) is 5.65 Å². The SMILES string of the molecule is NCc1nc2cccnc2n1CCC1=CCCCC1. The van der Waals surface area contributed by atoms with Crippen LogP contribution in [-0.2, 0) is 13.1 Å². The lowest BCUT2D eigenvalue weighted by Gasteiger charge is -2.14. The second-order valence-electron chi connectivity index (χ2n) is 5.09. The Bertz CT molecular complexity index is 597. The van der Waals surface area contributed by atoms with Crippen molar-refractivity contribution >= 4 is 11.2 Å². The Morgan fingerprint density at radius 3 is 3.05 bits per heavy atom. The second kappa shape index (κ2) is 5.53. The van der Waals surface area contributed by atoms with Gasteiger partial charge in [-0.15, -0.1) is 0 Å². The van der Waals surface area contributed by atoms with Gasteiger partial charge in [-0.2, -0.15) is 0 Å². The Balaban J connectivity index is 1.84. The van der Waals surface area contributed by atoms with E-state index in [1.54, 1.807) is 5.57 Å².